The smallest absolute Gasteiger partial charge is 0.257 e. The number of halogens is 1. The first kappa shape index (κ1) is 16.9. The van der Waals surface area contributed by atoms with Gasteiger partial charge >= 0.3 is 0 Å². The molecule has 0 spiro atoms. The molecule has 1 N–H and O–H groups in total. The maximum Gasteiger partial charge on any atom is 0.257 e. The van der Waals surface area contributed by atoms with Crippen LogP contribution in [0.25, 0.3) is 5.82 Å². The first-order valence-electron chi connectivity index (χ1n) is 7.99. The van der Waals surface area contributed by atoms with E-state index in [1.54, 1.807) is 47.9 Å². The van der Waals surface area contributed by atoms with Gasteiger partial charge in [-0.3, -0.25) is 4.79 Å². The van der Waals surface area contributed by atoms with Gasteiger partial charge in [-0.25, -0.2) is 13.8 Å². The van der Waals surface area contributed by atoms with Crippen LogP contribution in [-0.4, -0.2) is 25.5 Å². The average molecular weight is 341 g/mol. The van der Waals surface area contributed by atoms with Crippen LogP contribution in [0, 0.1) is 19.7 Å². The van der Waals surface area contributed by atoms with Crippen LogP contribution in [0.2, 0.25) is 0 Å². The largest absolute Gasteiger partial charge is 0.345 e. The summed E-state index contributed by atoms with van der Waals surface area (Å²) in [5.74, 6) is 0.0687. The molecule has 0 saturated carbocycles. The number of aryl methyl sites for hydroxylation is 3. The summed E-state index contributed by atoms with van der Waals surface area (Å²) in [7, 11) is 1.77. The Kier molecular flexibility index (Phi) is 4.39. The van der Waals surface area contributed by atoms with Crippen LogP contribution in [0.4, 0.5) is 4.39 Å². The number of nitrogens with zero attached hydrogens (tertiary/aromatic N) is 4. The Hall–Kier alpha value is -2.96. The average Bonchev–Trinajstić information content (AvgIpc) is 3.14. The summed E-state index contributed by atoms with van der Waals surface area (Å²) in [5, 5.41) is 11.5. The molecule has 0 aliphatic rings. The van der Waals surface area contributed by atoms with Crippen LogP contribution in [0.5, 0.6) is 0 Å². The number of aromatic nitrogens is 4. The van der Waals surface area contributed by atoms with Crippen molar-refractivity contribution in [2.75, 3.05) is 0 Å². The summed E-state index contributed by atoms with van der Waals surface area (Å²) in [5.41, 5.74) is 2.76. The van der Waals surface area contributed by atoms with E-state index in [1.807, 2.05) is 13.8 Å². The van der Waals surface area contributed by atoms with Crippen molar-refractivity contribution in [2.24, 2.45) is 7.05 Å². The Balaban J connectivity index is 1.92. The van der Waals surface area contributed by atoms with Crippen molar-refractivity contribution in [1.29, 1.82) is 0 Å². The molecule has 6 nitrogen and oxygen atoms in total. The maximum absolute atomic E-state index is 13.3. The van der Waals surface area contributed by atoms with E-state index in [4.69, 9.17) is 0 Å². The third kappa shape index (κ3) is 3.17. The number of amides is 1. The molecule has 3 aromatic rings. The van der Waals surface area contributed by atoms with Crippen molar-refractivity contribution in [1.82, 2.24) is 24.9 Å². The van der Waals surface area contributed by atoms with Gasteiger partial charge in [0, 0.05) is 19.4 Å². The SMILES string of the molecule is Cc1cc(F)ccc1[C@@H](C)NC(=O)c1c(C)nn(C)c1-n1cccn1. The fraction of sp³-hybridized carbons (Fsp3) is 0.278. The summed E-state index contributed by atoms with van der Waals surface area (Å²) >= 11 is 0. The van der Waals surface area contributed by atoms with Gasteiger partial charge in [-0.2, -0.15) is 10.2 Å². The van der Waals surface area contributed by atoms with Gasteiger partial charge in [-0.15, -0.1) is 0 Å². The molecule has 3 rings (SSSR count). The molecule has 7 heteroatoms. The molecular weight excluding hydrogens is 321 g/mol. The van der Waals surface area contributed by atoms with Crippen LogP contribution in [0.15, 0.2) is 36.7 Å². The number of carbonyl (C=O) groups is 1. The molecule has 2 aromatic heterocycles. The number of carbonyl (C=O) groups excluding carboxylic acids is 1. The van der Waals surface area contributed by atoms with Gasteiger partial charge in [0.2, 0.25) is 0 Å². The Labute approximate surface area is 145 Å². The summed E-state index contributed by atoms with van der Waals surface area (Å²) in [6, 6.07) is 6.07. The van der Waals surface area contributed by atoms with Crippen LogP contribution in [0.3, 0.4) is 0 Å². The van der Waals surface area contributed by atoms with Crippen molar-refractivity contribution in [3.05, 3.63) is 64.9 Å². The molecule has 1 aromatic carbocycles. The number of nitrogens with one attached hydrogen (secondary N) is 1. The third-order valence-electron chi connectivity index (χ3n) is 4.19. The lowest BCUT2D eigenvalue weighted by Crippen LogP contribution is -2.28. The van der Waals surface area contributed by atoms with Crippen molar-refractivity contribution < 1.29 is 9.18 Å². The van der Waals surface area contributed by atoms with Crippen LogP contribution < -0.4 is 5.32 Å². The number of hydrogen-bond acceptors (Lipinski definition) is 3. The Morgan fingerprint density at radius 2 is 2.08 bits per heavy atom. The molecule has 0 aliphatic carbocycles. The number of rotatable bonds is 4. The fourth-order valence-electron chi connectivity index (χ4n) is 3.04. The second kappa shape index (κ2) is 6.51. The van der Waals surface area contributed by atoms with Gasteiger partial charge in [0.05, 0.1) is 11.7 Å². The highest BCUT2D eigenvalue weighted by atomic mass is 19.1. The van der Waals surface area contributed by atoms with Crippen molar-refractivity contribution >= 4 is 5.91 Å². The lowest BCUT2D eigenvalue weighted by molar-refractivity contribution is 0.0939. The number of benzene rings is 1. The molecule has 1 atom stereocenters. The molecule has 0 saturated heterocycles. The van der Waals surface area contributed by atoms with E-state index in [-0.39, 0.29) is 17.8 Å². The highest BCUT2D eigenvalue weighted by Gasteiger charge is 2.23. The molecule has 0 aliphatic heterocycles. The number of hydrogen-bond donors (Lipinski definition) is 1. The zero-order valence-electron chi connectivity index (χ0n) is 14.6. The van der Waals surface area contributed by atoms with E-state index in [0.717, 1.165) is 11.1 Å². The normalized spacial score (nSPS) is 12.2. The third-order valence-corrected chi connectivity index (χ3v) is 4.19. The van der Waals surface area contributed by atoms with Crippen LogP contribution in [0.1, 0.15) is 40.1 Å². The van der Waals surface area contributed by atoms with Gasteiger partial charge in [0.1, 0.15) is 11.4 Å². The summed E-state index contributed by atoms with van der Waals surface area (Å²) < 4.78 is 16.5. The Morgan fingerprint density at radius 1 is 1.32 bits per heavy atom. The second-order valence-corrected chi connectivity index (χ2v) is 6.05. The minimum atomic E-state index is -0.288. The molecule has 130 valence electrons. The van der Waals surface area contributed by atoms with Gasteiger partial charge in [-0.05, 0) is 50.1 Å². The first-order chi connectivity index (χ1) is 11.9. The topological polar surface area (TPSA) is 64.7 Å². The standard InChI is InChI=1S/C18H20FN5O/c1-11-10-14(19)6-7-15(11)12(2)21-17(25)16-13(3)22-23(4)18(16)24-9-5-8-20-24/h5-10,12H,1-4H3,(H,21,25)/t12-/m1/s1. The van der Waals surface area contributed by atoms with E-state index in [2.05, 4.69) is 15.5 Å². The van der Waals surface area contributed by atoms with Crippen molar-refractivity contribution in [3.63, 3.8) is 0 Å². The maximum atomic E-state index is 13.3. The highest BCUT2D eigenvalue weighted by molar-refractivity contribution is 5.98. The zero-order chi connectivity index (χ0) is 18.1. The van der Waals surface area contributed by atoms with Gasteiger partial charge in [-0.1, -0.05) is 6.07 Å². The Morgan fingerprint density at radius 3 is 2.72 bits per heavy atom. The molecule has 0 unspecified atom stereocenters. The molecular formula is C18H20FN5O. The predicted octanol–water partition coefficient (Wildman–Crippen LogP) is 2.85. The van der Waals surface area contributed by atoms with E-state index in [0.29, 0.717) is 17.1 Å². The molecule has 25 heavy (non-hydrogen) atoms. The van der Waals surface area contributed by atoms with Gasteiger partial charge in [0.15, 0.2) is 5.82 Å². The molecule has 2 heterocycles. The first-order valence-corrected chi connectivity index (χ1v) is 7.99. The monoisotopic (exact) mass is 341 g/mol. The summed E-state index contributed by atoms with van der Waals surface area (Å²) in [6.07, 6.45) is 3.41. The van der Waals surface area contributed by atoms with Crippen LogP contribution >= 0.6 is 0 Å². The minimum absolute atomic E-state index is 0.243. The van der Waals surface area contributed by atoms with E-state index < -0.39 is 0 Å². The minimum Gasteiger partial charge on any atom is -0.345 e. The van der Waals surface area contributed by atoms with E-state index >= 15 is 0 Å². The predicted molar refractivity (Wildman–Crippen MR) is 92.1 cm³/mol. The van der Waals surface area contributed by atoms with Crippen molar-refractivity contribution in [2.45, 2.75) is 26.8 Å². The van der Waals surface area contributed by atoms with Gasteiger partial charge in [0.25, 0.3) is 5.91 Å². The molecule has 0 fully saturated rings. The second-order valence-electron chi connectivity index (χ2n) is 6.05. The Bertz CT molecular complexity index is 914. The highest BCUT2D eigenvalue weighted by Crippen LogP contribution is 2.21. The summed E-state index contributed by atoms with van der Waals surface area (Å²) in [6.45, 7) is 5.48. The summed E-state index contributed by atoms with van der Waals surface area (Å²) in [4.78, 5) is 12.9. The van der Waals surface area contributed by atoms with E-state index in [9.17, 15) is 9.18 Å². The zero-order valence-corrected chi connectivity index (χ0v) is 14.6. The van der Waals surface area contributed by atoms with E-state index in [1.165, 1.54) is 12.1 Å². The molecule has 0 bridgehead atoms. The molecule has 0 radical (unpaired) electrons. The lowest BCUT2D eigenvalue weighted by Gasteiger charge is -2.17. The van der Waals surface area contributed by atoms with Crippen molar-refractivity contribution in [3.8, 4) is 5.82 Å². The quantitative estimate of drug-likeness (QED) is 0.794. The molecule has 1 amide bonds. The van der Waals surface area contributed by atoms with Crippen LogP contribution in [-0.2, 0) is 7.05 Å². The van der Waals surface area contributed by atoms with Gasteiger partial charge < -0.3 is 5.32 Å². The lowest BCUT2D eigenvalue weighted by atomic mass is 10.0. The fourth-order valence-corrected chi connectivity index (χ4v) is 3.04.